The monoisotopic (exact) mass is 259 g/mol. The van der Waals surface area contributed by atoms with Gasteiger partial charge in [0.05, 0.1) is 10.8 Å². The molecule has 0 aliphatic heterocycles. The third-order valence-electron chi connectivity index (χ3n) is 2.46. The van der Waals surface area contributed by atoms with Crippen molar-refractivity contribution in [3.8, 4) is 0 Å². The van der Waals surface area contributed by atoms with Crippen molar-refractivity contribution in [3.05, 3.63) is 29.3 Å². The van der Waals surface area contributed by atoms with E-state index in [1.807, 2.05) is 19.2 Å². The number of rotatable bonds is 6. The van der Waals surface area contributed by atoms with Crippen LogP contribution >= 0.6 is 11.6 Å². The van der Waals surface area contributed by atoms with Crippen LogP contribution in [0.1, 0.15) is 19.8 Å². The van der Waals surface area contributed by atoms with Gasteiger partial charge in [0.15, 0.2) is 0 Å². The van der Waals surface area contributed by atoms with Gasteiger partial charge in [0, 0.05) is 21.7 Å². The van der Waals surface area contributed by atoms with E-state index in [1.54, 1.807) is 12.1 Å². The van der Waals surface area contributed by atoms with Crippen LogP contribution in [0.5, 0.6) is 0 Å². The molecule has 0 aliphatic rings. The Bertz CT molecular complexity index is 357. The predicted octanol–water partition coefficient (Wildman–Crippen LogP) is 2.84. The first kappa shape index (κ1) is 13.7. The van der Waals surface area contributed by atoms with Crippen molar-refractivity contribution in [1.29, 1.82) is 0 Å². The highest BCUT2D eigenvalue weighted by Crippen LogP contribution is 2.15. The topological polar surface area (TPSA) is 29.1 Å². The van der Waals surface area contributed by atoms with Gasteiger partial charge in [-0.25, -0.2) is 0 Å². The van der Waals surface area contributed by atoms with Crippen LogP contribution in [0.15, 0.2) is 29.2 Å². The molecule has 0 fully saturated rings. The van der Waals surface area contributed by atoms with Crippen molar-refractivity contribution in [2.24, 2.45) is 0 Å². The molecule has 0 radical (unpaired) electrons. The van der Waals surface area contributed by atoms with Gasteiger partial charge >= 0.3 is 0 Å². The minimum absolute atomic E-state index is 0.310. The summed E-state index contributed by atoms with van der Waals surface area (Å²) in [7, 11) is 0.940. The molecule has 4 heteroatoms. The molecule has 0 bridgehead atoms. The van der Waals surface area contributed by atoms with Gasteiger partial charge in [-0.05, 0) is 31.7 Å². The highest BCUT2D eigenvalue weighted by atomic mass is 35.5. The maximum absolute atomic E-state index is 12.1. The van der Waals surface area contributed by atoms with E-state index in [0.29, 0.717) is 16.8 Å². The molecular weight excluding hydrogens is 242 g/mol. The van der Waals surface area contributed by atoms with Crippen LogP contribution in [0.2, 0.25) is 5.02 Å². The van der Waals surface area contributed by atoms with Crippen LogP contribution in [-0.4, -0.2) is 23.1 Å². The number of nitrogens with one attached hydrogen (secondary N) is 1. The smallest absolute Gasteiger partial charge is 0.0545 e. The highest BCUT2D eigenvalue weighted by Gasteiger charge is 2.11. The molecule has 2 atom stereocenters. The lowest BCUT2D eigenvalue weighted by Crippen LogP contribution is -2.30. The second kappa shape index (κ2) is 7.05. The van der Waals surface area contributed by atoms with Crippen molar-refractivity contribution in [2.45, 2.75) is 30.7 Å². The quantitative estimate of drug-likeness (QED) is 0.851. The summed E-state index contributed by atoms with van der Waals surface area (Å²) in [6.07, 6.45) is 2.14. The van der Waals surface area contributed by atoms with E-state index in [9.17, 15) is 4.21 Å². The summed E-state index contributed by atoms with van der Waals surface area (Å²) in [6, 6.07) is 7.58. The van der Waals surface area contributed by atoms with Crippen molar-refractivity contribution >= 4 is 22.4 Å². The van der Waals surface area contributed by atoms with Gasteiger partial charge in [0.25, 0.3) is 0 Å². The highest BCUT2D eigenvalue weighted by molar-refractivity contribution is 7.85. The van der Waals surface area contributed by atoms with Crippen LogP contribution in [0.4, 0.5) is 0 Å². The van der Waals surface area contributed by atoms with Gasteiger partial charge in [-0.2, -0.15) is 0 Å². The van der Waals surface area contributed by atoms with Gasteiger partial charge in [0.2, 0.25) is 0 Å². The molecule has 1 aromatic rings. The second-order valence-electron chi connectivity index (χ2n) is 3.74. The number of halogens is 1. The Morgan fingerprint density at radius 3 is 2.81 bits per heavy atom. The number of benzene rings is 1. The fourth-order valence-corrected chi connectivity index (χ4v) is 3.18. The molecule has 0 saturated heterocycles. The average Bonchev–Trinajstić information content (AvgIpc) is 2.28. The first-order chi connectivity index (χ1) is 7.67. The first-order valence-corrected chi connectivity index (χ1v) is 7.18. The fourth-order valence-electron chi connectivity index (χ4n) is 1.55. The van der Waals surface area contributed by atoms with Crippen molar-refractivity contribution < 1.29 is 4.21 Å². The van der Waals surface area contributed by atoms with Crippen molar-refractivity contribution in [2.75, 3.05) is 12.8 Å². The second-order valence-corrected chi connectivity index (χ2v) is 5.68. The zero-order valence-corrected chi connectivity index (χ0v) is 11.3. The Kier molecular flexibility index (Phi) is 6.03. The number of hydrogen-bond acceptors (Lipinski definition) is 2. The van der Waals surface area contributed by atoms with E-state index in [-0.39, 0.29) is 0 Å². The largest absolute Gasteiger partial charge is 0.316 e. The zero-order valence-electron chi connectivity index (χ0n) is 9.70. The molecule has 0 saturated carbocycles. The summed E-state index contributed by atoms with van der Waals surface area (Å²) in [5.74, 6) is 0.644. The molecule has 1 aromatic carbocycles. The molecule has 0 aromatic heterocycles. The minimum Gasteiger partial charge on any atom is -0.316 e. The van der Waals surface area contributed by atoms with E-state index >= 15 is 0 Å². The van der Waals surface area contributed by atoms with E-state index in [0.717, 1.165) is 17.7 Å². The maximum Gasteiger partial charge on any atom is 0.0545 e. The van der Waals surface area contributed by atoms with Gasteiger partial charge < -0.3 is 5.32 Å². The van der Waals surface area contributed by atoms with Crippen molar-refractivity contribution in [1.82, 2.24) is 5.32 Å². The fraction of sp³-hybridized carbons (Fsp3) is 0.500. The summed E-state index contributed by atoms with van der Waals surface area (Å²) >= 11 is 5.87. The van der Waals surface area contributed by atoms with E-state index in [2.05, 4.69) is 12.2 Å². The molecule has 90 valence electrons. The summed E-state index contributed by atoms with van der Waals surface area (Å²) in [5.41, 5.74) is 0. The lowest BCUT2D eigenvalue weighted by Gasteiger charge is -2.14. The summed E-state index contributed by atoms with van der Waals surface area (Å²) < 4.78 is 12.1. The molecular formula is C12H18ClNOS. The molecule has 1 rings (SSSR count). The average molecular weight is 260 g/mol. The molecule has 2 unspecified atom stereocenters. The van der Waals surface area contributed by atoms with E-state index in [4.69, 9.17) is 11.6 Å². The predicted molar refractivity (Wildman–Crippen MR) is 70.5 cm³/mol. The molecule has 16 heavy (non-hydrogen) atoms. The van der Waals surface area contributed by atoms with Gasteiger partial charge in [-0.15, -0.1) is 0 Å². The third-order valence-corrected chi connectivity index (χ3v) is 4.18. The lowest BCUT2D eigenvalue weighted by atomic mass is 10.2. The molecule has 0 heterocycles. The minimum atomic E-state index is -0.972. The summed E-state index contributed by atoms with van der Waals surface area (Å²) in [5, 5.41) is 3.83. The van der Waals surface area contributed by atoms with E-state index < -0.39 is 10.8 Å². The van der Waals surface area contributed by atoms with Gasteiger partial charge in [-0.3, -0.25) is 4.21 Å². The molecule has 0 aliphatic carbocycles. The number of hydrogen-bond donors (Lipinski definition) is 1. The van der Waals surface area contributed by atoms with E-state index in [1.165, 1.54) is 0 Å². The summed E-state index contributed by atoms with van der Waals surface area (Å²) in [6.45, 7) is 2.13. The normalized spacial score (nSPS) is 14.7. The molecule has 1 N–H and O–H groups in total. The molecule has 0 spiro atoms. The van der Waals surface area contributed by atoms with Crippen LogP contribution in [0.3, 0.4) is 0 Å². The van der Waals surface area contributed by atoms with Crippen molar-refractivity contribution in [3.63, 3.8) is 0 Å². The Labute approximate surface area is 105 Å². The van der Waals surface area contributed by atoms with Crippen LogP contribution in [0.25, 0.3) is 0 Å². The molecule has 0 amide bonds. The first-order valence-electron chi connectivity index (χ1n) is 5.48. The van der Waals surface area contributed by atoms with Gasteiger partial charge in [-0.1, -0.05) is 31.0 Å². The Hall–Kier alpha value is -0.380. The van der Waals surface area contributed by atoms with Crippen LogP contribution in [0, 0.1) is 0 Å². The SMILES string of the molecule is CCCC(CS(=O)c1cccc(Cl)c1)NC. The third kappa shape index (κ3) is 4.24. The zero-order chi connectivity index (χ0) is 12.0. The summed E-state index contributed by atoms with van der Waals surface area (Å²) in [4.78, 5) is 0.809. The maximum atomic E-state index is 12.1. The Morgan fingerprint density at radius 2 is 2.25 bits per heavy atom. The standard InChI is InChI=1S/C12H18ClNOS/c1-3-5-11(14-2)9-16(15)12-7-4-6-10(13)8-12/h4,6-8,11,14H,3,5,9H2,1-2H3. The Balaban J connectivity index is 2.64. The van der Waals surface area contributed by atoms with Crippen LogP contribution in [-0.2, 0) is 10.8 Å². The Morgan fingerprint density at radius 1 is 1.50 bits per heavy atom. The van der Waals surface area contributed by atoms with Gasteiger partial charge in [0.1, 0.15) is 0 Å². The van der Waals surface area contributed by atoms with Crippen LogP contribution < -0.4 is 5.32 Å². The lowest BCUT2D eigenvalue weighted by molar-refractivity contribution is 0.557. The molecule has 2 nitrogen and oxygen atoms in total.